The molecular weight excluding hydrogens is 226 g/mol. The van der Waals surface area contributed by atoms with Crippen LogP contribution in [0.25, 0.3) is 5.69 Å². The van der Waals surface area contributed by atoms with Crippen molar-refractivity contribution < 1.29 is 0 Å². The number of nitrogens with one attached hydrogen (secondary N) is 2. The van der Waals surface area contributed by atoms with Gasteiger partial charge in [0.1, 0.15) is 0 Å². The third-order valence-electron chi connectivity index (χ3n) is 4.06. The van der Waals surface area contributed by atoms with E-state index in [4.69, 9.17) is 0 Å². The predicted octanol–water partition coefficient (Wildman–Crippen LogP) is 1.51. The first-order valence-electron chi connectivity index (χ1n) is 6.48. The Hall–Kier alpha value is -1.81. The largest absolute Gasteiger partial charge is 0.307 e. The van der Waals surface area contributed by atoms with Crippen molar-refractivity contribution in [3.63, 3.8) is 0 Å². The second kappa shape index (κ2) is 3.59. The number of hydrogen-bond acceptors (Lipinski definition) is 2. The van der Waals surface area contributed by atoms with Gasteiger partial charge in [0.2, 0.25) is 0 Å². The van der Waals surface area contributed by atoms with E-state index in [0.717, 1.165) is 29.8 Å². The smallest absolute Gasteiger partial charge is 0.276 e. The van der Waals surface area contributed by atoms with Crippen LogP contribution < -0.4 is 10.9 Å². The van der Waals surface area contributed by atoms with Crippen molar-refractivity contribution in [1.29, 1.82) is 0 Å². The average molecular weight is 241 g/mol. The van der Waals surface area contributed by atoms with Gasteiger partial charge in [0.05, 0.1) is 11.3 Å². The number of H-pyrrole nitrogens is 1. The molecule has 2 aliphatic heterocycles. The minimum absolute atomic E-state index is 0.106. The summed E-state index contributed by atoms with van der Waals surface area (Å²) in [6, 6.07) is 10.6. The standard InChI is InChI=1S/C14H15N3O/c18-14-13-11-7-6-9(15-11)8-12(13)16-17(14)10-4-2-1-3-5-10/h1-5,9,11,15-16H,6-8H2. The second-order valence-corrected chi connectivity index (χ2v) is 5.18. The van der Waals surface area contributed by atoms with Crippen molar-refractivity contribution in [2.75, 3.05) is 0 Å². The van der Waals surface area contributed by atoms with E-state index in [1.165, 1.54) is 6.42 Å². The Kier molecular flexibility index (Phi) is 2.02. The lowest BCUT2D eigenvalue weighted by atomic mass is 10.0. The summed E-state index contributed by atoms with van der Waals surface area (Å²) >= 11 is 0. The highest BCUT2D eigenvalue weighted by atomic mass is 16.1. The Morgan fingerprint density at radius 2 is 2.00 bits per heavy atom. The van der Waals surface area contributed by atoms with Gasteiger partial charge in [0.25, 0.3) is 5.56 Å². The fraction of sp³-hybridized carbons (Fsp3) is 0.357. The van der Waals surface area contributed by atoms with E-state index in [9.17, 15) is 4.79 Å². The molecule has 0 amide bonds. The van der Waals surface area contributed by atoms with Gasteiger partial charge in [-0.3, -0.25) is 9.89 Å². The monoisotopic (exact) mass is 241 g/mol. The third-order valence-corrected chi connectivity index (χ3v) is 4.06. The van der Waals surface area contributed by atoms with E-state index in [1.54, 1.807) is 4.68 Å². The maximum atomic E-state index is 12.5. The number of hydrogen-bond donors (Lipinski definition) is 2. The van der Waals surface area contributed by atoms with E-state index in [0.29, 0.717) is 6.04 Å². The molecule has 1 aromatic carbocycles. The van der Waals surface area contributed by atoms with Gasteiger partial charge in [-0.05, 0) is 25.0 Å². The van der Waals surface area contributed by atoms with E-state index in [1.807, 2.05) is 30.3 Å². The lowest BCUT2D eigenvalue weighted by molar-refractivity contribution is 0.509. The molecule has 4 rings (SSSR count). The molecule has 2 aromatic rings. The van der Waals surface area contributed by atoms with Gasteiger partial charge < -0.3 is 5.32 Å². The van der Waals surface area contributed by atoms with Gasteiger partial charge in [-0.2, -0.15) is 0 Å². The molecule has 2 unspecified atom stereocenters. The molecule has 92 valence electrons. The van der Waals surface area contributed by atoms with Gasteiger partial charge in [0.15, 0.2) is 0 Å². The van der Waals surface area contributed by atoms with Crippen LogP contribution in [0.1, 0.15) is 30.1 Å². The van der Waals surface area contributed by atoms with E-state index >= 15 is 0 Å². The maximum absolute atomic E-state index is 12.5. The fourth-order valence-electron chi connectivity index (χ4n) is 3.22. The van der Waals surface area contributed by atoms with Crippen LogP contribution in [-0.2, 0) is 6.42 Å². The number of rotatable bonds is 1. The number of para-hydroxylation sites is 1. The molecule has 2 atom stereocenters. The highest BCUT2D eigenvalue weighted by Gasteiger charge is 2.36. The van der Waals surface area contributed by atoms with Crippen LogP contribution in [0, 0.1) is 0 Å². The Morgan fingerprint density at radius 3 is 2.83 bits per heavy atom. The van der Waals surface area contributed by atoms with Gasteiger partial charge in [0, 0.05) is 24.2 Å². The molecule has 1 saturated heterocycles. The van der Waals surface area contributed by atoms with Gasteiger partial charge >= 0.3 is 0 Å². The molecule has 4 heteroatoms. The molecule has 0 radical (unpaired) electrons. The third kappa shape index (κ3) is 1.32. The summed E-state index contributed by atoms with van der Waals surface area (Å²) in [4.78, 5) is 12.5. The Morgan fingerprint density at radius 1 is 1.17 bits per heavy atom. The zero-order chi connectivity index (χ0) is 12.1. The first-order chi connectivity index (χ1) is 8.83. The number of nitrogens with zero attached hydrogens (tertiary/aromatic N) is 1. The zero-order valence-corrected chi connectivity index (χ0v) is 10.0. The molecule has 2 bridgehead atoms. The van der Waals surface area contributed by atoms with Crippen LogP contribution in [-0.4, -0.2) is 15.8 Å². The summed E-state index contributed by atoms with van der Waals surface area (Å²) in [6.07, 6.45) is 3.21. The Balaban J connectivity index is 1.89. The average Bonchev–Trinajstić information content (AvgIpc) is 2.94. The predicted molar refractivity (Wildman–Crippen MR) is 69.0 cm³/mol. The maximum Gasteiger partial charge on any atom is 0.276 e. The first kappa shape index (κ1) is 10.1. The van der Waals surface area contributed by atoms with Crippen LogP contribution in [0.3, 0.4) is 0 Å². The molecular formula is C14H15N3O. The molecule has 3 heterocycles. The molecule has 4 nitrogen and oxygen atoms in total. The fourth-order valence-corrected chi connectivity index (χ4v) is 3.22. The summed E-state index contributed by atoms with van der Waals surface area (Å²) in [5.41, 5.74) is 3.09. The van der Waals surface area contributed by atoms with E-state index in [-0.39, 0.29) is 11.6 Å². The van der Waals surface area contributed by atoms with E-state index < -0.39 is 0 Å². The summed E-state index contributed by atoms with van der Waals surface area (Å²) in [6.45, 7) is 0. The van der Waals surface area contributed by atoms with Crippen molar-refractivity contribution in [3.8, 4) is 5.69 Å². The zero-order valence-electron chi connectivity index (χ0n) is 10.0. The molecule has 2 aliphatic rings. The summed E-state index contributed by atoms with van der Waals surface area (Å²) in [5, 5.41) is 6.80. The highest BCUT2D eigenvalue weighted by molar-refractivity contribution is 5.35. The van der Waals surface area contributed by atoms with Crippen LogP contribution >= 0.6 is 0 Å². The van der Waals surface area contributed by atoms with Crippen LogP contribution in [0.4, 0.5) is 0 Å². The van der Waals surface area contributed by atoms with Crippen LogP contribution in [0.2, 0.25) is 0 Å². The van der Waals surface area contributed by atoms with Crippen LogP contribution in [0.5, 0.6) is 0 Å². The number of benzene rings is 1. The number of aromatic amines is 1. The van der Waals surface area contributed by atoms with Gasteiger partial charge in [-0.15, -0.1) is 0 Å². The summed E-state index contributed by atoms with van der Waals surface area (Å²) in [7, 11) is 0. The lowest BCUT2D eigenvalue weighted by Gasteiger charge is -2.19. The highest BCUT2D eigenvalue weighted by Crippen LogP contribution is 2.33. The topological polar surface area (TPSA) is 49.8 Å². The Bertz CT molecular complexity index is 641. The first-order valence-corrected chi connectivity index (χ1v) is 6.48. The van der Waals surface area contributed by atoms with Crippen LogP contribution in [0.15, 0.2) is 35.1 Å². The minimum atomic E-state index is 0.106. The molecule has 1 fully saturated rings. The van der Waals surface area contributed by atoms with Gasteiger partial charge in [-0.25, -0.2) is 4.68 Å². The molecule has 1 aromatic heterocycles. The molecule has 0 spiro atoms. The molecule has 0 saturated carbocycles. The molecule has 18 heavy (non-hydrogen) atoms. The Labute approximate surface area is 105 Å². The summed E-state index contributed by atoms with van der Waals surface area (Å²) < 4.78 is 1.67. The minimum Gasteiger partial charge on any atom is -0.307 e. The number of aromatic nitrogens is 2. The van der Waals surface area contributed by atoms with Crippen molar-refractivity contribution in [3.05, 3.63) is 51.9 Å². The normalized spacial score (nSPS) is 25.1. The quantitative estimate of drug-likeness (QED) is 0.795. The second-order valence-electron chi connectivity index (χ2n) is 5.18. The SMILES string of the molecule is O=c1c2c([nH]n1-c1ccccc1)CC1CCC2N1. The van der Waals surface area contributed by atoms with Gasteiger partial charge in [-0.1, -0.05) is 18.2 Å². The summed E-state index contributed by atoms with van der Waals surface area (Å²) in [5.74, 6) is 0. The number of fused-ring (bicyclic) bond motifs is 4. The van der Waals surface area contributed by atoms with E-state index in [2.05, 4.69) is 10.4 Å². The molecule has 2 N–H and O–H groups in total. The molecule has 0 aliphatic carbocycles. The van der Waals surface area contributed by atoms with Crippen molar-refractivity contribution >= 4 is 0 Å². The van der Waals surface area contributed by atoms with Crippen molar-refractivity contribution in [1.82, 2.24) is 15.1 Å². The lowest BCUT2D eigenvalue weighted by Crippen LogP contribution is -2.34. The van der Waals surface area contributed by atoms with Crippen molar-refractivity contribution in [2.24, 2.45) is 0 Å². The van der Waals surface area contributed by atoms with Crippen molar-refractivity contribution in [2.45, 2.75) is 31.3 Å².